The predicted molar refractivity (Wildman–Crippen MR) is 144 cm³/mol. The molecule has 3 N–H and O–H groups in total. The number of carbonyl (C=O) groups excluding carboxylic acids is 3. The van der Waals surface area contributed by atoms with E-state index in [9.17, 15) is 14.4 Å². The first-order valence-corrected chi connectivity index (χ1v) is 12.6. The zero-order valence-electron chi connectivity index (χ0n) is 21.3. The molecule has 0 bridgehead atoms. The summed E-state index contributed by atoms with van der Waals surface area (Å²) in [5.74, 6) is 0.471. The molecule has 2 heterocycles. The molecule has 194 valence electrons. The third kappa shape index (κ3) is 5.72. The van der Waals surface area contributed by atoms with Crippen LogP contribution in [0.3, 0.4) is 0 Å². The van der Waals surface area contributed by atoms with E-state index in [-0.39, 0.29) is 23.7 Å². The number of pyridine rings is 1. The average molecular weight is 512 g/mol. The van der Waals surface area contributed by atoms with Gasteiger partial charge in [0.05, 0.1) is 11.0 Å². The fourth-order valence-corrected chi connectivity index (χ4v) is 4.81. The first kappa shape index (κ1) is 25.1. The standard InChI is InChI=1S/C29H29N5O4/c1-18(35)38-29(2)14-12-20(13-15-29)27(36)31-22-9-6-19(7-10-22)26-32-23-11-8-21(17-24(23)33-26)28(37)34-25-5-3-4-16-30-25/h3-11,16-17,20H,12-15H2,1-2H3,(H,31,36)(H,32,33)(H,30,34,37). The summed E-state index contributed by atoms with van der Waals surface area (Å²) in [4.78, 5) is 48.8. The number of aromatic nitrogens is 3. The van der Waals surface area contributed by atoms with E-state index in [0.29, 0.717) is 48.6 Å². The van der Waals surface area contributed by atoms with Crippen molar-refractivity contribution in [3.8, 4) is 11.4 Å². The Morgan fingerprint density at radius 3 is 2.45 bits per heavy atom. The van der Waals surface area contributed by atoms with E-state index in [4.69, 9.17) is 4.74 Å². The van der Waals surface area contributed by atoms with Crippen LogP contribution in [-0.2, 0) is 14.3 Å². The minimum Gasteiger partial charge on any atom is -0.460 e. The molecule has 0 radical (unpaired) electrons. The van der Waals surface area contributed by atoms with Crippen LogP contribution in [0.4, 0.5) is 11.5 Å². The van der Waals surface area contributed by atoms with Crippen LogP contribution in [0.1, 0.15) is 49.9 Å². The van der Waals surface area contributed by atoms with Crippen molar-refractivity contribution in [2.75, 3.05) is 10.6 Å². The van der Waals surface area contributed by atoms with Gasteiger partial charge in [-0.05, 0) is 87.2 Å². The number of nitrogens with zero attached hydrogens (tertiary/aromatic N) is 2. The number of aromatic amines is 1. The molecule has 1 aliphatic rings. The van der Waals surface area contributed by atoms with E-state index in [2.05, 4.69) is 25.6 Å². The number of H-pyrrole nitrogens is 1. The number of hydrogen-bond acceptors (Lipinski definition) is 6. The second kappa shape index (κ2) is 10.5. The maximum Gasteiger partial charge on any atom is 0.303 e. The molecule has 1 saturated carbocycles. The average Bonchev–Trinajstić information content (AvgIpc) is 3.33. The minimum atomic E-state index is -0.486. The lowest BCUT2D eigenvalue weighted by Gasteiger charge is -2.36. The van der Waals surface area contributed by atoms with E-state index in [1.807, 2.05) is 37.3 Å². The second-order valence-corrected chi connectivity index (χ2v) is 9.87. The zero-order valence-corrected chi connectivity index (χ0v) is 21.3. The quantitative estimate of drug-likeness (QED) is 0.301. The summed E-state index contributed by atoms with van der Waals surface area (Å²) in [6, 6.07) is 18.1. The number of amides is 2. The van der Waals surface area contributed by atoms with Crippen molar-refractivity contribution in [3.05, 3.63) is 72.4 Å². The number of anilines is 2. The lowest BCUT2D eigenvalue weighted by atomic mass is 9.79. The highest BCUT2D eigenvalue weighted by Gasteiger charge is 2.36. The SMILES string of the molecule is CC(=O)OC1(C)CCC(C(=O)Nc2ccc(-c3nc4ccc(C(=O)Nc5ccccn5)cc4[nH]3)cc2)CC1. The molecule has 38 heavy (non-hydrogen) atoms. The molecule has 1 aliphatic carbocycles. The van der Waals surface area contributed by atoms with E-state index in [1.165, 1.54) is 6.92 Å². The Hall–Kier alpha value is -4.53. The molecule has 0 atom stereocenters. The Morgan fingerprint density at radius 2 is 1.76 bits per heavy atom. The van der Waals surface area contributed by atoms with Gasteiger partial charge in [0.1, 0.15) is 17.2 Å². The number of fused-ring (bicyclic) bond motifs is 1. The number of benzene rings is 2. The molecular formula is C29H29N5O4. The van der Waals surface area contributed by atoms with Gasteiger partial charge in [-0.15, -0.1) is 0 Å². The molecule has 0 aliphatic heterocycles. The molecule has 0 unspecified atom stereocenters. The maximum atomic E-state index is 12.8. The Kier molecular flexibility index (Phi) is 6.91. The van der Waals surface area contributed by atoms with Crippen LogP contribution in [0.25, 0.3) is 22.4 Å². The summed E-state index contributed by atoms with van der Waals surface area (Å²) in [5.41, 5.74) is 3.05. The van der Waals surface area contributed by atoms with Crippen LogP contribution in [0, 0.1) is 5.92 Å². The van der Waals surface area contributed by atoms with Crippen LogP contribution < -0.4 is 10.6 Å². The molecule has 1 fully saturated rings. The molecule has 4 aromatic rings. The van der Waals surface area contributed by atoms with Crippen molar-refractivity contribution >= 4 is 40.3 Å². The number of esters is 1. The summed E-state index contributed by atoms with van der Waals surface area (Å²) < 4.78 is 5.44. The van der Waals surface area contributed by atoms with E-state index in [1.54, 1.807) is 36.5 Å². The van der Waals surface area contributed by atoms with Crippen LogP contribution >= 0.6 is 0 Å². The highest BCUT2D eigenvalue weighted by atomic mass is 16.6. The normalized spacial score (nSPS) is 19.1. The fraction of sp³-hybridized carbons (Fsp3) is 0.276. The van der Waals surface area contributed by atoms with Crippen molar-refractivity contribution in [1.82, 2.24) is 15.0 Å². The van der Waals surface area contributed by atoms with Gasteiger partial charge < -0.3 is 20.4 Å². The highest BCUT2D eigenvalue weighted by Crippen LogP contribution is 2.35. The van der Waals surface area contributed by atoms with Gasteiger partial charge in [-0.25, -0.2) is 9.97 Å². The Labute approximate surface area is 220 Å². The lowest BCUT2D eigenvalue weighted by molar-refractivity contribution is -0.159. The van der Waals surface area contributed by atoms with Crippen molar-refractivity contribution in [2.24, 2.45) is 5.92 Å². The third-order valence-electron chi connectivity index (χ3n) is 6.88. The van der Waals surface area contributed by atoms with Gasteiger partial charge in [0.2, 0.25) is 5.91 Å². The summed E-state index contributed by atoms with van der Waals surface area (Å²) >= 11 is 0. The molecule has 9 heteroatoms. The molecule has 0 spiro atoms. The largest absolute Gasteiger partial charge is 0.460 e. The number of nitrogens with one attached hydrogen (secondary N) is 3. The number of imidazole rings is 1. The third-order valence-corrected chi connectivity index (χ3v) is 6.88. The van der Waals surface area contributed by atoms with Gasteiger partial charge in [-0.1, -0.05) is 6.07 Å². The molecule has 0 saturated heterocycles. The molecule has 2 aromatic carbocycles. The topological polar surface area (TPSA) is 126 Å². The zero-order chi connectivity index (χ0) is 26.7. The Bertz CT molecular complexity index is 1470. The summed E-state index contributed by atoms with van der Waals surface area (Å²) in [6.07, 6.45) is 4.31. The van der Waals surface area contributed by atoms with Crippen LogP contribution in [0.2, 0.25) is 0 Å². The molecule has 2 amide bonds. The van der Waals surface area contributed by atoms with Gasteiger partial charge in [-0.3, -0.25) is 14.4 Å². The van der Waals surface area contributed by atoms with Gasteiger partial charge in [0, 0.05) is 35.9 Å². The Morgan fingerprint density at radius 1 is 1.00 bits per heavy atom. The highest BCUT2D eigenvalue weighted by molar-refractivity contribution is 6.05. The smallest absolute Gasteiger partial charge is 0.303 e. The first-order valence-electron chi connectivity index (χ1n) is 12.6. The Balaban J connectivity index is 1.22. The second-order valence-electron chi connectivity index (χ2n) is 9.87. The van der Waals surface area contributed by atoms with Gasteiger partial charge in [0.15, 0.2) is 0 Å². The number of rotatable bonds is 6. The number of ether oxygens (including phenoxy) is 1. The van der Waals surface area contributed by atoms with Crippen LogP contribution in [0.15, 0.2) is 66.9 Å². The van der Waals surface area contributed by atoms with Crippen molar-refractivity contribution in [3.63, 3.8) is 0 Å². The predicted octanol–water partition coefficient (Wildman–Crippen LogP) is 5.33. The molecule has 5 rings (SSSR count). The molecule has 9 nitrogen and oxygen atoms in total. The number of carbonyl (C=O) groups is 3. The summed E-state index contributed by atoms with van der Waals surface area (Å²) in [5, 5.41) is 5.78. The van der Waals surface area contributed by atoms with E-state index in [0.717, 1.165) is 16.6 Å². The van der Waals surface area contributed by atoms with Gasteiger partial charge >= 0.3 is 5.97 Å². The maximum absolute atomic E-state index is 12.8. The summed E-state index contributed by atoms with van der Waals surface area (Å²) in [7, 11) is 0. The lowest BCUT2D eigenvalue weighted by Crippen LogP contribution is -2.38. The first-order chi connectivity index (χ1) is 18.3. The van der Waals surface area contributed by atoms with Crippen LogP contribution in [0.5, 0.6) is 0 Å². The van der Waals surface area contributed by atoms with Gasteiger partial charge in [-0.2, -0.15) is 0 Å². The number of hydrogen-bond donors (Lipinski definition) is 3. The molecule has 2 aromatic heterocycles. The van der Waals surface area contributed by atoms with Crippen molar-refractivity contribution in [2.45, 2.75) is 45.1 Å². The van der Waals surface area contributed by atoms with E-state index < -0.39 is 5.60 Å². The monoisotopic (exact) mass is 511 g/mol. The fourth-order valence-electron chi connectivity index (χ4n) is 4.81. The van der Waals surface area contributed by atoms with Gasteiger partial charge in [0.25, 0.3) is 5.91 Å². The van der Waals surface area contributed by atoms with E-state index >= 15 is 0 Å². The van der Waals surface area contributed by atoms with Crippen LogP contribution in [-0.4, -0.2) is 38.3 Å². The minimum absolute atomic E-state index is 0.0251. The molecular weight excluding hydrogens is 482 g/mol. The summed E-state index contributed by atoms with van der Waals surface area (Å²) in [6.45, 7) is 3.34. The van der Waals surface area contributed by atoms with Crippen molar-refractivity contribution < 1.29 is 19.1 Å². The van der Waals surface area contributed by atoms with Crippen molar-refractivity contribution in [1.29, 1.82) is 0 Å².